The van der Waals surface area contributed by atoms with Gasteiger partial charge in [-0.15, -0.1) is 0 Å². The summed E-state index contributed by atoms with van der Waals surface area (Å²) >= 11 is 3.25. The lowest BCUT2D eigenvalue weighted by Crippen LogP contribution is -2.34. The van der Waals surface area contributed by atoms with Gasteiger partial charge in [0, 0.05) is 4.47 Å². The van der Waals surface area contributed by atoms with Gasteiger partial charge in [0.15, 0.2) is 5.60 Å². The highest BCUT2D eigenvalue weighted by molar-refractivity contribution is 9.10. The fourth-order valence-corrected chi connectivity index (χ4v) is 1.81. The zero-order chi connectivity index (χ0) is 11.1. The van der Waals surface area contributed by atoms with E-state index in [1.807, 2.05) is 0 Å². The van der Waals surface area contributed by atoms with Crippen LogP contribution in [0.4, 0.5) is 8.78 Å². The lowest BCUT2D eigenvalue weighted by molar-refractivity contribution is -0.0601. The summed E-state index contributed by atoms with van der Waals surface area (Å²) in [5.41, 5.74) is -1.02. The Bertz CT molecular complexity index is 362. The minimum Gasteiger partial charge on any atom is -0.358 e. The van der Waals surface area contributed by atoms with E-state index in [-0.39, 0.29) is 6.61 Å². The molecular formula is C10H8BBrF2O. The van der Waals surface area contributed by atoms with E-state index < -0.39 is 17.8 Å². The van der Waals surface area contributed by atoms with Crippen LogP contribution in [0.3, 0.4) is 0 Å². The van der Waals surface area contributed by atoms with Crippen molar-refractivity contribution in [2.75, 3.05) is 6.61 Å². The summed E-state index contributed by atoms with van der Waals surface area (Å²) in [5, 5.41) is 0. The third-order valence-electron chi connectivity index (χ3n) is 2.59. The summed E-state index contributed by atoms with van der Waals surface area (Å²) < 4.78 is 32.8. The smallest absolute Gasteiger partial charge is 0.275 e. The highest BCUT2D eigenvalue weighted by Crippen LogP contribution is 2.52. The van der Waals surface area contributed by atoms with Crippen LogP contribution >= 0.6 is 15.9 Å². The molecular weight excluding hydrogens is 265 g/mol. The summed E-state index contributed by atoms with van der Waals surface area (Å²) in [6.07, 6.45) is -0.705. The van der Waals surface area contributed by atoms with Gasteiger partial charge in [-0.2, -0.15) is 0 Å². The number of hydrogen-bond acceptors (Lipinski definition) is 1. The molecule has 5 heteroatoms. The van der Waals surface area contributed by atoms with Crippen LogP contribution in [0.25, 0.3) is 0 Å². The van der Waals surface area contributed by atoms with Crippen molar-refractivity contribution in [3.05, 3.63) is 34.3 Å². The van der Waals surface area contributed by atoms with Crippen LogP contribution in [-0.2, 0) is 10.3 Å². The highest BCUT2D eigenvalue weighted by Gasteiger charge is 2.64. The van der Waals surface area contributed by atoms with Crippen molar-refractivity contribution in [1.29, 1.82) is 0 Å². The second-order valence-corrected chi connectivity index (χ2v) is 4.45. The topological polar surface area (TPSA) is 12.5 Å². The summed E-state index contributed by atoms with van der Waals surface area (Å²) in [6.45, 7) is 0.0266. The Kier molecular flexibility index (Phi) is 2.63. The van der Waals surface area contributed by atoms with E-state index >= 15 is 0 Å². The first-order chi connectivity index (χ1) is 7.02. The first kappa shape index (κ1) is 11.1. The standard InChI is InChI=1S/C10H8BBrF2O/c11-5-10(13,14)9(6-15-9)7-1-3-8(12)4-2-7/h1-4H,5-6H2. The van der Waals surface area contributed by atoms with E-state index in [0.29, 0.717) is 5.56 Å². The number of epoxide rings is 1. The molecule has 1 aromatic carbocycles. The SMILES string of the molecule is [B]CC(F)(F)C1(c2ccc(Br)cc2)CO1. The monoisotopic (exact) mass is 272 g/mol. The van der Waals surface area contributed by atoms with Crippen molar-refractivity contribution in [3.63, 3.8) is 0 Å². The van der Waals surface area contributed by atoms with E-state index in [1.54, 1.807) is 24.3 Å². The van der Waals surface area contributed by atoms with Gasteiger partial charge < -0.3 is 4.74 Å². The van der Waals surface area contributed by atoms with Crippen LogP contribution in [-0.4, -0.2) is 20.4 Å². The number of benzene rings is 1. The zero-order valence-electron chi connectivity index (χ0n) is 7.84. The van der Waals surface area contributed by atoms with Gasteiger partial charge in [-0.05, 0) is 24.0 Å². The lowest BCUT2D eigenvalue weighted by Gasteiger charge is -2.23. The Morgan fingerprint density at radius 1 is 1.40 bits per heavy atom. The molecule has 1 unspecified atom stereocenters. The normalized spacial score (nSPS) is 25.3. The van der Waals surface area contributed by atoms with Crippen molar-refractivity contribution in [3.8, 4) is 0 Å². The van der Waals surface area contributed by atoms with Crippen molar-refractivity contribution in [2.24, 2.45) is 0 Å². The average Bonchev–Trinajstić information content (AvgIpc) is 3.00. The van der Waals surface area contributed by atoms with Crippen LogP contribution in [0.5, 0.6) is 0 Å². The second kappa shape index (κ2) is 3.56. The van der Waals surface area contributed by atoms with Crippen LogP contribution in [0, 0.1) is 0 Å². The molecule has 1 aliphatic heterocycles. The molecule has 0 spiro atoms. The Hall–Kier alpha value is -0.415. The Labute approximate surface area is 96.3 Å². The Balaban J connectivity index is 2.34. The maximum atomic E-state index is 13.5. The second-order valence-electron chi connectivity index (χ2n) is 3.53. The molecule has 0 saturated carbocycles. The average molecular weight is 273 g/mol. The number of hydrogen-bond donors (Lipinski definition) is 0. The molecule has 15 heavy (non-hydrogen) atoms. The summed E-state index contributed by atoms with van der Waals surface area (Å²) in [6, 6.07) is 6.68. The molecule has 2 rings (SSSR count). The third kappa shape index (κ3) is 1.72. The molecule has 1 fully saturated rings. The van der Waals surface area contributed by atoms with Crippen LogP contribution in [0.15, 0.2) is 28.7 Å². The van der Waals surface area contributed by atoms with Gasteiger partial charge in [-0.3, -0.25) is 0 Å². The van der Waals surface area contributed by atoms with E-state index in [9.17, 15) is 8.78 Å². The minimum atomic E-state index is -3.01. The van der Waals surface area contributed by atoms with E-state index in [0.717, 1.165) is 4.47 Å². The van der Waals surface area contributed by atoms with Gasteiger partial charge in [-0.25, -0.2) is 8.78 Å². The number of halogens is 3. The molecule has 0 N–H and O–H groups in total. The number of ether oxygens (including phenoxy) is 1. The van der Waals surface area contributed by atoms with Gasteiger partial charge in [0.1, 0.15) is 0 Å². The predicted molar refractivity (Wildman–Crippen MR) is 57.3 cm³/mol. The molecule has 2 radical (unpaired) electrons. The fraction of sp³-hybridized carbons (Fsp3) is 0.400. The molecule has 78 valence electrons. The molecule has 1 aromatic rings. The van der Waals surface area contributed by atoms with Crippen molar-refractivity contribution >= 4 is 23.8 Å². The maximum Gasteiger partial charge on any atom is 0.275 e. The minimum absolute atomic E-state index is 0.0266. The lowest BCUT2D eigenvalue weighted by atomic mass is 9.85. The maximum absolute atomic E-state index is 13.5. The summed E-state index contributed by atoms with van der Waals surface area (Å²) in [7, 11) is 5.06. The quantitative estimate of drug-likeness (QED) is 0.609. The first-order valence-corrected chi connectivity index (χ1v) is 5.29. The Morgan fingerprint density at radius 2 is 1.93 bits per heavy atom. The fourth-order valence-electron chi connectivity index (χ4n) is 1.55. The largest absolute Gasteiger partial charge is 0.358 e. The summed E-state index contributed by atoms with van der Waals surface area (Å²) in [4.78, 5) is 0. The first-order valence-electron chi connectivity index (χ1n) is 4.50. The van der Waals surface area contributed by atoms with Gasteiger partial charge >= 0.3 is 0 Å². The zero-order valence-corrected chi connectivity index (χ0v) is 9.43. The molecule has 0 amide bonds. The van der Waals surface area contributed by atoms with Crippen LogP contribution in [0.2, 0.25) is 6.32 Å². The van der Waals surface area contributed by atoms with Gasteiger partial charge in [0.25, 0.3) is 5.92 Å². The molecule has 1 saturated heterocycles. The molecule has 1 atom stereocenters. The molecule has 0 bridgehead atoms. The summed E-state index contributed by atoms with van der Waals surface area (Å²) in [5.74, 6) is -3.01. The van der Waals surface area contributed by atoms with E-state index in [1.165, 1.54) is 0 Å². The van der Waals surface area contributed by atoms with E-state index in [4.69, 9.17) is 12.6 Å². The van der Waals surface area contributed by atoms with Gasteiger partial charge in [-0.1, -0.05) is 28.1 Å². The number of alkyl halides is 2. The van der Waals surface area contributed by atoms with Gasteiger partial charge in [0.05, 0.1) is 14.5 Å². The van der Waals surface area contributed by atoms with Crippen LogP contribution < -0.4 is 0 Å². The molecule has 1 heterocycles. The molecule has 1 aliphatic rings. The number of rotatable bonds is 3. The Morgan fingerprint density at radius 3 is 2.33 bits per heavy atom. The third-order valence-corrected chi connectivity index (χ3v) is 3.12. The highest BCUT2D eigenvalue weighted by atomic mass is 79.9. The van der Waals surface area contributed by atoms with E-state index in [2.05, 4.69) is 15.9 Å². The molecule has 0 aromatic heterocycles. The molecule has 1 nitrogen and oxygen atoms in total. The van der Waals surface area contributed by atoms with Crippen molar-refractivity contribution < 1.29 is 13.5 Å². The van der Waals surface area contributed by atoms with Crippen molar-refractivity contribution in [1.82, 2.24) is 0 Å². The van der Waals surface area contributed by atoms with Crippen LogP contribution in [0.1, 0.15) is 5.56 Å². The van der Waals surface area contributed by atoms with Crippen molar-refractivity contribution in [2.45, 2.75) is 17.8 Å². The van der Waals surface area contributed by atoms with Gasteiger partial charge in [0.2, 0.25) is 0 Å². The molecule has 0 aliphatic carbocycles. The predicted octanol–water partition coefficient (Wildman–Crippen LogP) is 2.90.